The number of hydrogen-bond donors (Lipinski definition) is 2. The highest BCUT2D eigenvalue weighted by molar-refractivity contribution is 5.79. The fourth-order valence-corrected chi connectivity index (χ4v) is 3.73. The number of nitrogens with zero attached hydrogens (tertiary/aromatic N) is 4. The molecule has 0 aromatic carbocycles. The van der Waals surface area contributed by atoms with Crippen LogP contribution in [0.5, 0.6) is 0 Å². The Morgan fingerprint density at radius 2 is 1.89 bits per heavy atom. The van der Waals surface area contributed by atoms with Crippen LogP contribution in [0, 0.1) is 5.92 Å². The van der Waals surface area contributed by atoms with Crippen molar-refractivity contribution in [2.75, 3.05) is 78.6 Å². The largest absolute Gasteiger partial charge is 0.374 e. The molecular formula is C20H40N6O2. The van der Waals surface area contributed by atoms with Crippen molar-refractivity contribution < 1.29 is 9.53 Å². The van der Waals surface area contributed by atoms with E-state index in [1.54, 1.807) is 6.92 Å². The Balaban J connectivity index is 1.71. The molecule has 2 fully saturated rings. The molecule has 8 heteroatoms. The minimum Gasteiger partial charge on any atom is -0.374 e. The molecule has 0 spiro atoms. The fraction of sp³-hybridized carbons (Fsp3) is 0.900. The van der Waals surface area contributed by atoms with Gasteiger partial charge in [0.2, 0.25) is 5.91 Å². The predicted octanol–water partition coefficient (Wildman–Crippen LogP) is 0.0624. The standard InChI is InChI=1S/C20H40N6O2/c1-5-21-20(22-6-7-24-8-10-26(11-9-24)18(4)27)23-14-19-16-25(12-13-28-19)15-17(2)3/h17,19H,5-16H2,1-4H3,(H2,21,22,23). The number of hydrogen-bond acceptors (Lipinski definition) is 5. The molecule has 8 nitrogen and oxygen atoms in total. The van der Waals surface area contributed by atoms with Crippen molar-refractivity contribution in [3.8, 4) is 0 Å². The number of amides is 1. The molecule has 0 saturated carbocycles. The average molecular weight is 397 g/mol. The number of piperazine rings is 1. The van der Waals surface area contributed by atoms with Crippen LogP contribution in [0.25, 0.3) is 0 Å². The third-order valence-corrected chi connectivity index (χ3v) is 5.18. The number of rotatable bonds is 8. The first-order chi connectivity index (χ1) is 13.5. The summed E-state index contributed by atoms with van der Waals surface area (Å²) in [6, 6.07) is 0. The van der Waals surface area contributed by atoms with Gasteiger partial charge in [-0.15, -0.1) is 0 Å². The van der Waals surface area contributed by atoms with E-state index < -0.39 is 0 Å². The van der Waals surface area contributed by atoms with E-state index in [-0.39, 0.29) is 12.0 Å². The topological polar surface area (TPSA) is 72.4 Å². The minimum absolute atomic E-state index is 0.169. The SMILES string of the molecule is CCNC(=NCC1CN(CC(C)C)CCO1)NCCN1CCN(C(C)=O)CC1. The highest BCUT2D eigenvalue weighted by atomic mass is 16.5. The second kappa shape index (κ2) is 12.2. The normalized spacial score (nSPS) is 22.5. The second-order valence-corrected chi connectivity index (χ2v) is 8.14. The Kier molecular flexibility index (Phi) is 10.0. The molecule has 28 heavy (non-hydrogen) atoms. The van der Waals surface area contributed by atoms with Crippen LogP contribution < -0.4 is 10.6 Å². The summed E-state index contributed by atoms with van der Waals surface area (Å²) >= 11 is 0. The van der Waals surface area contributed by atoms with Crippen LogP contribution in [0.2, 0.25) is 0 Å². The van der Waals surface area contributed by atoms with Gasteiger partial charge in [-0.1, -0.05) is 13.8 Å². The molecule has 2 aliphatic rings. The van der Waals surface area contributed by atoms with Gasteiger partial charge in [0.25, 0.3) is 0 Å². The molecule has 1 unspecified atom stereocenters. The van der Waals surface area contributed by atoms with Crippen molar-refractivity contribution in [1.82, 2.24) is 25.3 Å². The second-order valence-electron chi connectivity index (χ2n) is 8.14. The summed E-state index contributed by atoms with van der Waals surface area (Å²) in [7, 11) is 0. The zero-order chi connectivity index (χ0) is 20.4. The first-order valence-corrected chi connectivity index (χ1v) is 10.8. The maximum Gasteiger partial charge on any atom is 0.219 e. The number of nitrogens with one attached hydrogen (secondary N) is 2. The van der Waals surface area contributed by atoms with Crippen molar-refractivity contribution in [1.29, 1.82) is 0 Å². The molecule has 0 aliphatic carbocycles. The Morgan fingerprint density at radius 1 is 1.14 bits per heavy atom. The lowest BCUT2D eigenvalue weighted by molar-refractivity contribution is -0.130. The van der Waals surface area contributed by atoms with Crippen LogP contribution in [0.1, 0.15) is 27.7 Å². The highest BCUT2D eigenvalue weighted by Gasteiger charge is 2.21. The van der Waals surface area contributed by atoms with E-state index in [0.29, 0.717) is 12.5 Å². The summed E-state index contributed by atoms with van der Waals surface area (Å²) in [5, 5.41) is 6.76. The van der Waals surface area contributed by atoms with E-state index in [4.69, 9.17) is 9.73 Å². The highest BCUT2D eigenvalue weighted by Crippen LogP contribution is 2.08. The van der Waals surface area contributed by atoms with Crippen molar-refractivity contribution in [3.05, 3.63) is 0 Å². The van der Waals surface area contributed by atoms with Gasteiger partial charge in [0.05, 0.1) is 19.3 Å². The van der Waals surface area contributed by atoms with Gasteiger partial charge in [-0.2, -0.15) is 0 Å². The Morgan fingerprint density at radius 3 is 2.54 bits per heavy atom. The summed E-state index contributed by atoms with van der Waals surface area (Å²) in [4.78, 5) is 22.9. The third-order valence-electron chi connectivity index (χ3n) is 5.18. The van der Waals surface area contributed by atoms with Gasteiger partial charge in [0, 0.05) is 72.4 Å². The van der Waals surface area contributed by atoms with Crippen molar-refractivity contribution in [2.24, 2.45) is 10.9 Å². The predicted molar refractivity (Wildman–Crippen MR) is 114 cm³/mol. The van der Waals surface area contributed by atoms with Crippen LogP contribution >= 0.6 is 0 Å². The molecule has 2 aliphatic heterocycles. The van der Waals surface area contributed by atoms with E-state index in [0.717, 1.165) is 78.0 Å². The van der Waals surface area contributed by atoms with Crippen LogP contribution in [-0.2, 0) is 9.53 Å². The lowest BCUT2D eigenvalue weighted by atomic mass is 10.2. The number of guanidine groups is 1. The number of aliphatic imine (C=N–C) groups is 1. The van der Waals surface area contributed by atoms with Crippen LogP contribution in [0.15, 0.2) is 4.99 Å². The van der Waals surface area contributed by atoms with Gasteiger partial charge >= 0.3 is 0 Å². The summed E-state index contributed by atoms with van der Waals surface area (Å²) in [5.41, 5.74) is 0. The zero-order valence-electron chi connectivity index (χ0n) is 18.2. The molecule has 0 bridgehead atoms. The van der Waals surface area contributed by atoms with Gasteiger partial charge in [0.1, 0.15) is 0 Å². The molecular weight excluding hydrogens is 356 g/mol. The van der Waals surface area contributed by atoms with Crippen molar-refractivity contribution in [2.45, 2.75) is 33.8 Å². The summed E-state index contributed by atoms with van der Waals surface area (Å²) in [6.45, 7) is 19.0. The van der Waals surface area contributed by atoms with Crippen molar-refractivity contribution >= 4 is 11.9 Å². The fourth-order valence-electron chi connectivity index (χ4n) is 3.73. The zero-order valence-corrected chi connectivity index (χ0v) is 18.2. The monoisotopic (exact) mass is 396 g/mol. The molecule has 2 saturated heterocycles. The molecule has 0 aromatic rings. The Bertz CT molecular complexity index is 491. The van der Waals surface area contributed by atoms with Crippen LogP contribution in [0.4, 0.5) is 0 Å². The van der Waals surface area contributed by atoms with E-state index in [9.17, 15) is 4.79 Å². The van der Waals surface area contributed by atoms with Gasteiger partial charge in [-0.3, -0.25) is 19.6 Å². The van der Waals surface area contributed by atoms with Gasteiger partial charge < -0.3 is 20.3 Å². The maximum atomic E-state index is 11.4. The maximum absolute atomic E-state index is 11.4. The third kappa shape index (κ3) is 8.32. The molecule has 2 rings (SSSR count). The lowest BCUT2D eigenvalue weighted by Crippen LogP contribution is -2.50. The number of morpholine rings is 1. The quantitative estimate of drug-likeness (QED) is 0.447. The number of carbonyl (C=O) groups excluding carboxylic acids is 1. The minimum atomic E-state index is 0.169. The summed E-state index contributed by atoms with van der Waals surface area (Å²) < 4.78 is 5.90. The molecule has 1 amide bonds. The molecule has 2 heterocycles. The average Bonchev–Trinajstić information content (AvgIpc) is 2.66. The first kappa shape index (κ1) is 22.9. The molecule has 162 valence electrons. The Labute approximate surface area is 170 Å². The molecule has 0 aromatic heterocycles. The van der Waals surface area contributed by atoms with Gasteiger partial charge in [-0.25, -0.2) is 0 Å². The Hall–Kier alpha value is -1.38. The number of carbonyl (C=O) groups is 1. The van der Waals surface area contributed by atoms with E-state index in [1.165, 1.54) is 0 Å². The van der Waals surface area contributed by atoms with Crippen molar-refractivity contribution in [3.63, 3.8) is 0 Å². The number of ether oxygens (including phenoxy) is 1. The summed E-state index contributed by atoms with van der Waals surface area (Å²) in [5.74, 6) is 1.71. The van der Waals surface area contributed by atoms with Gasteiger partial charge in [-0.05, 0) is 12.8 Å². The lowest BCUT2D eigenvalue weighted by Gasteiger charge is -2.34. The van der Waals surface area contributed by atoms with E-state index in [1.807, 2.05) is 4.90 Å². The molecule has 1 atom stereocenters. The van der Waals surface area contributed by atoms with Crippen LogP contribution in [0.3, 0.4) is 0 Å². The molecule has 2 N–H and O–H groups in total. The first-order valence-electron chi connectivity index (χ1n) is 10.8. The smallest absolute Gasteiger partial charge is 0.219 e. The van der Waals surface area contributed by atoms with E-state index >= 15 is 0 Å². The van der Waals surface area contributed by atoms with Gasteiger partial charge in [0.15, 0.2) is 5.96 Å². The molecule has 0 radical (unpaired) electrons. The summed E-state index contributed by atoms with van der Waals surface area (Å²) in [6.07, 6.45) is 0.169. The van der Waals surface area contributed by atoms with E-state index in [2.05, 4.69) is 41.2 Å². The van der Waals surface area contributed by atoms with Crippen LogP contribution in [-0.4, -0.2) is 111 Å².